The Hall–Kier alpha value is -3.78. The molecule has 0 saturated carbocycles. The normalized spacial score (nSPS) is 15.5. The number of hydrogen-bond acceptors (Lipinski definition) is 7. The smallest absolute Gasteiger partial charge is 0.223 e. The van der Waals surface area contributed by atoms with Crippen LogP contribution in [0.4, 0.5) is 34.3 Å². The Morgan fingerprint density at radius 1 is 1.00 bits per heavy atom. The number of anilines is 6. The number of piperazine rings is 1. The monoisotopic (exact) mass is 486 g/mol. The van der Waals surface area contributed by atoms with Gasteiger partial charge in [0.15, 0.2) is 0 Å². The van der Waals surface area contributed by atoms with Gasteiger partial charge < -0.3 is 30.1 Å². The molecule has 0 spiro atoms. The molecule has 0 radical (unpaired) electrons. The number of nitrogens with zero attached hydrogens (tertiary/aromatic N) is 4. The van der Waals surface area contributed by atoms with Crippen LogP contribution in [-0.2, 0) is 11.2 Å². The van der Waals surface area contributed by atoms with Crippen molar-refractivity contribution in [3.05, 3.63) is 60.3 Å². The molecule has 2 aliphatic heterocycles. The summed E-state index contributed by atoms with van der Waals surface area (Å²) in [7, 11) is 2.16. The van der Waals surface area contributed by atoms with Gasteiger partial charge in [0.25, 0.3) is 0 Å². The molecule has 0 atom stereocenters. The number of carbonyl (C=O) groups excluding carboxylic acids is 1. The van der Waals surface area contributed by atoms with Crippen molar-refractivity contribution < 1.29 is 9.53 Å². The first kappa shape index (κ1) is 23.9. The molecular weight excluding hydrogens is 452 g/mol. The third-order valence-electron chi connectivity index (χ3n) is 6.81. The average Bonchev–Trinajstić information content (AvgIpc) is 3.32. The van der Waals surface area contributed by atoms with Gasteiger partial charge in [0.2, 0.25) is 5.91 Å². The molecule has 8 nitrogen and oxygen atoms in total. The van der Waals surface area contributed by atoms with Crippen molar-refractivity contribution in [1.29, 1.82) is 0 Å². The lowest BCUT2D eigenvalue weighted by atomic mass is 10.1. The number of aromatic nitrogens is 1. The second-order valence-corrected chi connectivity index (χ2v) is 9.32. The molecule has 0 aliphatic carbocycles. The number of nitrogens with one attached hydrogen (secondary N) is 2. The minimum atomic E-state index is 0.0589. The summed E-state index contributed by atoms with van der Waals surface area (Å²) < 4.78 is 5.99. The lowest BCUT2D eigenvalue weighted by Gasteiger charge is -2.34. The fourth-order valence-electron chi connectivity index (χ4n) is 4.89. The summed E-state index contributed by atoms with van der Waals surface area (Å²) in [5.41, 5.74) is 6.02. The van der Waals surface area contributed by atoms with Crippen molar-refractivity contribution in [3.63, 3.8) is 0 Å². The molecule has 1 saturated heterocycles. The van der Waals surface area contributed by atoms with Crippen LogP contribution in [0.2, 0.25) is 0 Å². The first-order chi connectivity index (χ1) is 17.5. The van der Waals surface area contributed by atoms with Gasteiger partial charge >= 0.3 is 0 Å². The maximum Gasteiger partial charge on any atom is 0.223 e. The van der Waals surface area contributed by atoms with Crippen LogP contribution in [0.5, 0.6) is 5.75 Å². The van der Waals surface area contributed by atoms with Gasteiger partial charge in [-0.3, -0.25) is 4.79 Å². The summed E-state index contributed by atoms with van der Waals surface area (Å²) in [5, 5.41) is 6.93. The minimum absolute atomic E-state index is 0.0589. The fraction of sp³-hybridized carbons (Fsp3) is 0.357. The molecule has 2 aliphatic rings. The number of amides is 1. The van der Waals surface area contributed by atoms with E-state index in [1.165, 1.54) is 11.3 Å². The van der Waals surface area contributed by atoms with Crippen LogP contribution in [-0.4, -0.2) is 62.2 Å². The summed E-state index contributed by atoms with van der Waals surface area (Å²) in [6.45, 7) is 9.05. The molecule has 2 N–H and O–H groups in total. The van der Waals surface area contributed by atoms with Gasteiger partial charge in [0, 0.05) is 69.4 Å². The van der Waals surface area contributed by atoms with E-state index in [0.717, 1.165) is 67.6 Å². The van der Waals surface area contributed by atoms with Gasteiger partial charge in [0.05, 0.1) is 23.7 Å². The highest BCUT2D eigenvalue weighted by Crippen LogP contribution is 2.38. The summed E-state index contributed by atoms with van der Waals surface area (Å²) in [6.07, 6.45) is 2.65. The summed E-state index contributed by atoms with van der Waals surface area (Å²) >= 11 is 0. The van der Waals surface area contributed by atoms with Crippen molar-refractivity contribution in [2.24, 2.45) is 0 Å². The van der Waals surface area contributed by atoms with E-state index in [4.69, 9.17) is 4.74 Å². The van der Waals surface area contributed by atoms with Gasteiger partial charge in [-0.15, -0.1) is 0 Å². The Balaban J connectivity index is 1.36. The molecule has 1 aromatic heterocycles. The van der Waals surface area contributed by atoms with Crippen LogP contribution in [0.15, 0.2) is 54.7 Å². The largest absolute Gasteiger partial charge is 0.492 e. The fourth-order valence-corrected chi connectivity index (χ4v) is 4.89. The van der Waals surface area contributed by atoms with Crippen molar-refractivity contribution in [1.82, 2.24) is 9.88 Å². The maximum absolute atomic E-state index is 12.2. The Kier molecular flexibility index (Phi) is 6.95. The van der Waals surface area contributed by atoms with Crippen molar-refractivity contribution >= 4 is 40.2 Å². The SMILES string of the molecule is CCOc1cc(N2CCN(C)CC2)ccc1Nc1cc(Nc2cccc3c2N(C(C)=O)CC3)ccn1. The Bertz CT molecular complexity index is 1240. The van der Waals surface area contributed by atoms with Crippen LogP contribution >= 0.6 is 0 Å². The van der Waals surface area contributed by atoms with E-state index in [-0.39, 0.29) is 5.91 Å². The van der Waals surface area contributed by atoms with Crippen LogP contribution < -0.4 is 25.2 Å². The van der Waals surface area contributed by atoms with E-state index in [1.54, 1.807) is 13.1 Å². The summed E-state index contributed by atoms with van der Waals surface area (Å²) in [6, 6.07) is 16.3. The summed E-state index contributed by atoms with van der Waals surface area (Å²) in [4.78, 5) is 23.3. The van der Waals surface area contributed by atoms with E-state index >= 15 is 0 Å². The van der Waals surface area contributed by atoms with Crippen LogP contribution in [0, 0.1) is 0 Å². The number of pyridine rings is 1. The Morgan fingerprint density at radius 3 is 2.61 bits per heavy atom. The van der Waals surface area contributed by atoms with E-state index < -0.39 is 0 Å². The van der Waals surface area contributed by atoms with Gasteiger partial charge in [-0.2, -0.15) is 0 Å². The summed E-state index contributed by atoms with van der Waals surface area (Å²) in [5.74, 6) is 1.58. The number of hydrogen-bond donors (Lipinski definition) is 2. The van der Waals surface area contributed by atoms with E-state index in [9.17, 15) is 4.79 Å². The highest BCUT2D eigenvalue weighted by atomic mass is 16.5. The lowest BCUT2D eigenvalue weighted by molar-refractivity contribution is -0.116. The second-order valence-electron chi connectivity index (χ2n) is 9.32. The lowest BCUT2D eigenvalue weighted by Crippen LogP contribution is -2.44. The molecule has 0 bridgehead atoms. The third kappa shape index (κ3) is 5.09. The van der Waals surface area contributed by atoms with E-state index in [2.05, 4.69) is 56.7 Å². The highest BCUT2D eigenvalue weighted by Gasteiger charge is 2.25. The molecular formula is C28H34N6O2. The molecule has 3 heterocycles. The third-order valence-corrected chi connectivity index (χ3v) is 6.81. The predicted octanol–water partition coefficient (Wildman–Crippen LogP) is 4.63. The number of rotatable bonds is 7. The molecule has 5 rings (SSSR count). The standard InChI is InChI=1S/C28H34N6O2/c1-4-36-26-19-23(33-16-14-32(3)15-17-33)8-9-24(26)31-27-18-22(10-12-29-27)30-25-7-5-6-21-11-13-34(20(2)35)28(21)25/h5-10,12,18-19H,4,11,13-17H2,1-3H3,(H2,29,30,31). The Morgan fingerprint density at radius 2 is 1.83 bits per heavy atom. The zero-order valence-electron chi connectivity index (χ0n) is 21.3. The number of likely N-dealkylation sites (N-methyl/N-ethyl adjacent to an activating group) is 1. The first-order valence-electron chi connectivity index (χ1n) is 12.6. The topological polar surface area (TPSA) is 73.0 Å². The van der Waals surface area contributed by atoms with Crippen LogP contribution in [0.3, 0.4) is 0 Å². The second kappa shape index (κ2) is 10.5. The Labute approximate surface area is 212 Å². The molecule has 0 unspecified atom stereocenters. The van der Waals surface area contributed by atoms with Gasteiger partial charge in [0.1, 0.15) is 11.6 Å². The number of ether oxygens (including phenoxy) is 1. The maximum atomic E-state index is 12.2. The molecule has 36 heavy (non-hydrogen) atoms. The molecule has 3 aromatic rings. The van der Waals surface area contributed by atoms with E-state index in [0.29, 0.717) is 12.4 Å². The van der Waals surface area contributed by atoms with Gasteiger partial charge in [-0.1, -0.05) is 12.1 Å². The first-order valence-corrected chi connectivity index (χ1v) is 12.6. The average molecular weight is 487 g/mol. The molecule has 8 heteroatoms. The molecule has 1 amide bonds. The van der Waals surface area contributed by atoms with Gasteiger partial charge in [-0.25, -0.2) is 4.98 Å². The molecule has 188 valence electrons. The van der Waals surface area contributed by atoms with Gasteiger partial charge in [-0.05, 0) is 50.2 Å². The molecule has 2 aromatic carbocycles. The van der Waals surface area contributed by atoms with Crippen molar-refractivity contribution in [3.8, 4) is 5.75 Å². The van der Waals surface area contributed by atoms with Crippen molar-refractivity contribution in [2.45, 2.75) is 20.3 Å². The molecule has 1 fully saturated rings. The number of carbonyl (C=O) groups is 1. The minimum Gasteiger partial charge on any atom is -0.492 e. The zero-order chi connectivity index (χ0) is 25.1. The predicted molar refractivity (Wildman–Crippen MR) is 146 cm³/mol. The number of fused-ring (bicyclic) bond motifs is 1. The quantitative estimate of drug-likeness (QED) is 0.505. The highest BCUT2D eigenvalue weighted by molar-refractivity contribution is 5.98. The number of para-hydroxylation sites is 1. The van der Waals surface area contributed by atoms with Crippen LogP contribution in [0.1, 0.15) is 19.4 Å². The number of benzene rings is 2. The zero-order valence-corrected chi connectivity index (χ0v) is 21.3. The van der Waals surface area contributed by atoms with Crippen LogP contribution in [0.25, 0.3) is 0 Å². The van der Waals surface area contributed by atoms with Crippen molar-refractivity contribution in [2.75, 3.05) is 66.8 Å². The van der Waals surface area contributed by atoms with E-state index in [1.807, 2.05) is 36.1 Å².